The first-order valence-electron chi connectivity index (χ1n) is 6.75. The van der Waals surface area contributed by atoms with E-state index in [9.17, 15) is 18.0 Å². The predicted molar refractivity (Wildman–Crippen MR) is 88.3 cm³/mol. The standard InChI is InChI=1S/C15H15F3N2OS2/c1-7(6-22-3)14(21)20-15-19-13(8(2)23-15)12-10(17)4-9(16)5-11(12)18/h4-5,7H,6H2,1-3H3,(H,19,20,21). The lowest BCUT2D eigenvalue weighted by Crippen LogP contribution is -2.21. The second-order valence-electron chi connectivity index (χ2n) is 5.01. The Balaban J connectivity index is 2.31. The molecule has 23 heavy (non-hydrogen) atoms. The van der Waals surface area contributed by atoms with Crippen LogP contribution in [0.1, 0.15) is 11.8 Å². The molecule has 0 aliphatic carbocycles. The molecule has 1 aromatic heterocycles. The molecule has 0 aliphatic rings. The molecule has 3 nitrogen and oxygen atoms in total. The summed E-state index contributed by atoms with van der Waals surface area (Å²) in [6.07, 6.45) is 1.90. The van der Waals surface area contributed by atoms with Crippen LogP contribution in [-0.2, 0) is 4.79 Å². The maximum atomic E-state index is 13.9. The van der Waals surface area contributed by atoms with E-state index in [2.05, 4.69) is 10.3 Å². The van der Waals surface area contributed by atoms with Gasteiger partial charge in [-0.3, -0.25) is 4.79 Å². The van der Waals surface area contributed by atoms with Crippen molar-refractivity contribution in [1.29, 1.82) is 0 Å². The van der Waals surface area contributed by atoms with Gasteiger partial charge in [0.25, 0.3) is 0 Å². The fourth-order valence-electron chi connectivity index (χ4n) is 2.00. The molecule has 0 saturated heterocycles. The molecular formula is C15H15F3N2OS2. The zero-order valence-corrected chi connectivity index (χ0v) is 14.4. The summed E-state index contributed by atoms with van der Waals surface area (Å²) >= 11 is 2.66. The second-order valence-corrected chi connectivity index (χ2v) is 7.13. The van der Waals surface area contributed by atoms with Gasteiger partial charge in [-0.25, -0.2) is 18.2 Å². The molecule has 124 valence electrons. The fraction of sp³-hybridized carbons (Fsp3) is 0.333. The van der Waals surface area contributed by atoms with E-state index < -0.39 is 23.0 Å². The highest BCUT2D eigenvalue weighted by Gasteiger charge is 2.21. The van der Waals surface area contributed by atoms with Crippen molar-refractivity contribution in [3.8, 4) is 11.3 Å². The fourth-order valence-corrected chi connectivity index (χ4v) is 3.48. The van der Waals surface area contributed by atoms with Crippen molar-refractivity contribution in [1.82, 2.24) is 4.98 Å². The molecule has 1 atom stereocenters. The molecule has 1 N–H and O–H groups in total. The lowest BCUT2D eigenvalue weighted by Gasteiger charge is -2.08. The molecule has 1 heterocycles. The van der Waals surface area contributed by atoms with E-state index in [4.69, 9.17) is 0 Å². The summed E-state index contributed by atoms with van der Waals surface area (Å²) in [7, 11) is 0. The average molecular weight is 360 g/mol. The third-order valence-corrected chi connectivity index (χ3v) is 4.85. The SMILES string of the molecule is CSCC(C)C(=O)Nc1nc(-c2c(F)cc(F)cc2F)c(C)s1. The quantitative estimate of drug-likeness (QED) is 0.855. The lowest BCUT2D eigenvalue weighted by molar-refractivity contribution is -0.118. The largest absolute Gasteiger partial charge is 0.302 e. The lowest BCUT2D eigenvalue weighted by atomic mass is 10.1. The highest BCUT2D eigenvalue weighted by molar-refractivity contribution is 7.98. The summed E-state index contributed by atoms with van der Waals surface area (Å²) in [6, 6.07) is 1.21. The Morgan fingerprint density at radius 1 is 1.35 bits per heavy atom. The van der Waals surface area contributed by atoms with Crippen LogP contribution in [0.4, 0.5) is 18.3 Å². The number of amides is 1. The normalized spacial score (nSPS) is 12.3. The van der Waals surface area contributed by atoms with Crippen LogP contribution >= 0.6 is 23.1 Å². The minimum Gasteiger partial charge on any atom is -0.302 e. The number of hydrogen-bond acceptors (Lipinski definition) is 4. The number of nitrogens with zero attached hydrogens (tertiary/aromatic N) is 1. The number of hydrogen-bond donors (Lipinski definition) is 1. The van der Waals surface area contributed by atoms with Gasteiger partial charge in [0.05, 0.1) is 11.3 Å². The third-order valence-electron chi connectivity index (χ3n) is 3.13. The molecule has 1 amide bonds. The Kier molecular flexibility index (Phi) is 5.69. The number of aromatic nitrogens is 1. The summed E-state index contributed by atoms with van der Waals surface area (Å²) in [5.41, 5.74) is -0.323. The van der Waals surface area contributed by atoms with E-state index in [1.165, 1.54) is 0 Å². The Morgan fingerprint density at radius 3 is 2.52 bits per heavy atom. The Labute approximate surface area is 140 Å². The van der Waals surface area contributed by atoms with E-state index in [0.29, 0.717) is 22.8 Å². The van der Waals surface area contributed by atoms with E-state index in [1.807, 2.05) is 6.26 Å². The van der Waals surface area contributed by atoms with Crippen molar-refractivity contribution in [3.05, 3.63) is 34.5 Å². The minimum absolute atomic E-state index is 0.0674. The van der Waals surface area contributed by atoms with Gasteiger partial charge in [-0.1, -0.05) is 6.92 Å². The second kappa shape index (κ2) is 7.35. The third kappa shape index (κ3) is 4.06. The first kappa shape index (κ1) is 17.8. The number of nitrogens with one attached hydrogen (secondary N) is 1. The molecular weight excluding hydrogens is 345 g/mol. The maximum absolute atomic E-state index is 13.9. The van der Waals surface area contributed by atoms with Gasteiger partial charge in [-0.2, -0.15) is 11.8 Å². The summed E-state index contributed by atoms with van der Waals surface area (Å²) in [5, 5.41) is 2.91. The van der Waals surface area contributed by atoms with Crippen LogP contribution in [0.25, 0.3) is 11.3 Å². The molecule has 1 aromatic carbocycles. The Hall–Kier alpha value is -1.54. The number of thiazole rings is 1. The van der Waals surface area contributed by atoms with Gasteiger partial charge in [0.2, 0.25) is 5.91 Å². The first-order valence-corrected chi connectivity index (χ1v) is 8.96. The highest BCUT2D eigenvalue weighted by atomic mass is 32.2. The minimum atomic E-state index is -1.02. The van der Waals surface area contributed by atoms with E-state index in [1.54, 1.807) is 25.6 Å². The Bertz CT molecular complexity index is 711. The summed E-state index contributed by atoms with van der Waals surface area (Å²) in [4.78, 5) is 16.6. The molecule has 0 radical (unpaired) electrons. The topological polar surface area (TPSA) is 42.0 Å². The van der Waals surface area contributed by atoms with Crippen molar-refractivity contribution in [2.45, 2.75) is 13.8 Å². The molecule has 0 aliphatic heterocycles. The molecule has 0 saturated carbocycles. The van der Waals surface area contributed by atoms with Gasteiger partial charge >= 0.3 is 0 Å². The zero-order chi connectivity index (χ0) is 17.1. The van der Waals surface area contributed by atoms with Crippen molar-refractivity contribution >= 4 is 34.1 Å². The van der Waals surface area contributed by atoms with Crippen LogP contribution in [0.3, 0.4) is 0 Å². The monoisotopic (exact) mass is 360 g/mol. The average Bonchev–Trinajstić information content (AvgIpc) is 2.78. The summed E-state index contributed by atoms with van der Waals surface area (Å²) < 4.78 is 40.8. The van der Waals surface area contributed by atoms with Crippen molar-refractivity contribution < 1.29 is 18.0 Å². The number of carbonyl (C=O) groups excluding carboxylic acids is 1. The summed E-state index contributed by atoms with van der Waals surface area (Å²) in [5.74, 6) is -2.80. The molecule has 0 spiro atoms. The molecule has 0 fully saturated rings. The number of benzene rings is 1. The Morgan fingerprint density at radius 2 is 1.96 bits per heavy atom. The maximum Gasteiger partial charge on any atom is 0.229 e. The first-order chi connectivity index (χ1) is 10.8. The number of thioether (sulfide) groups is 1. The van der Waals surface area contributed by atoms with Gasteiger partial charge in [-0.15, -0.1) is 11.3 Å². The van der Waals surface area contributed by atoms with Crippen LogP contribution in [0.15, 0.2) is 12.1 Å². The van der Waals surface area contributed by atoms with Crippen molar-refractivity contribution in [2.75, 3.05) is 17.3 Å². The van der Waals surface area contributed by atoms with Crippen molar-refractivity contribution in [3.63, 3.8) is 0 Å². The van der Waals surface area contributed by atoms with Crippen molar-refractivity contribution in [2.24, 2.45) is 5.92 Å². The van der Waals surface area contributed by atoms with Crippen LogP contribution in [0.2, 0.25) is 0 Å². The highest BCUT2D eigenvalue weighted by Crippen LogP contribution is 2.34. The van der Waals surface area contributed by atoms with Gasteiger partial charge in [-0.05, 0) is 13.2 Å². The van der Waals surface area contributed by atoms with E-state index in [0.717, 1.165) is 11.3 Å². The van der Waals surface area contributed by atoms with Gasteiger partial charge in [0, 0.05) is 28.7 Å². The molecule has 8 heteroatoms. The number of carbonyl (C=O) groups is 1. The number of rotatable bonds is 5. The molecule has 0 bridgehead atoms. The smallest absolute Gasteiger partial charge is 0.229 e. The van der Waals surface area contributed by atoms with Crippen LogP contribution < -0.4 is 5.32 Å². The van der Waals surface area contributed by atoms with E-state index in [-0.39, 0.29) is 22.7 Å². The molecule has 1 unspecified atom stereocenters. The van der Waals surface area contributed by atoms with Crippen LogP contribution in [-0.4, -0.2) is 22.9 Å². The van der Waals surface area contributed by atoms with E-state index >= 15 is 0 Å². The molecule has 2 rings (SSSR count). The number of anilines is 1. The summed E-state index contributed by atoms with van der Waals surface area (Å²) in [6.45, 7) is 3.42. The van der Waals surface area contributed by atoms with Crippen LogP contribution in [0.5, 0.6) is 0 Å². The number of aryl methyl sites for hydroxylation is 1. The van der Waals surface area contributed by atoms with Gasteiger partial charge < -0.3 is 5.32 Å². The van der Waals surface area contributed by atoms with Gasteiger partial charge in [0.1, 0.15) is 17.5 Å². The van der Waals surface area contributed by atoms with Crippen LogP contribution in [0, 0.1) is 30.3 Å². The predicted octanol–water partition coefficient (Wildman–Crippen LogP) is 4.47. The van der Waals surface area contributed by atoms with Gasteiger partial charge in [0.15, 0.2) is 5.13 Å². The number of halogens is 3. The molecule has 2 aromatic rings. The zero-order valence-electron chi connectivity index (χ0n) is 12.7.